The lowest BCUT2D eigenvalue weighted by atomic mass is 10.1. The number of H-pyrrole nitrogens is 1. The number of nitrogens with zero attached hydrogens (tertiary/aromatic N) is 1. The Bertz CT molecular complexity index is 461. The van der Waals surface area contributed by atoms with Crippen molar-refractivity contribution in [3.63, 3.8) is 0 Å². The number of ketones is 1. The third kappa shape index (κ3) is 1.68. The molecule has 14 heavy (non-hydrogen) atoms. The summed E-state index contributed by atoms with van der Waals surface area (Å²) in [5, 5.41) is 10.4. The van der Waals surface area contributed by atoms with Crippen LogP contribution < -0.4 is 5.56 Å². The maximum absolute atomic E-state index is 11.0. The maximum Gasteiger partial charge on any atom is 0.334 e. The minimum atomic E-state index is -0.815. The number of carbonyl (C=O) groups excluding carboxylic acids is 1. The molecule has 74 valence electrons. The first-order valence-electron chi connectivity index (χ1n) is 3.82. The average Bonchev–Trinajstić information content (AvgIpc) is 2.02. The number of aromatic nitrogens is 1. The van der Waals surface area contributed by atoms with Gasteiger partial charge in [0.1, 0.15) is 0 Å². The van der Waals surface area contributed by atoms with E-state index in [9.17, 15) is 19.7 Å². The van der Waals surface area contributed by atoms with Crippen molar-refractivity contribution in [2.75, 3.05) is 0 Å². The summed E-state index contributed by atoms with van der Waals surface area (Å²) in [5.41, 5.74) is -0.900. The van der Waals surface area contributed by atoms with Crippen molar-refractivity contribution in [2.24, 2.45) is 0 Å². The monoisotopic (exact) mass is 196 g/mol. The Balaban J connectivity index is 3.50. The number of aryl methyl sites for hydroxylation is 1. The molecule has 6 nitrogen and oxygen atoms in total. The molecule has 0 saturated carbocycles. The van der Waals surface area contributed by atoms with Crippen LogP contribution in [0.25, 0.3) is 0 Å². The fourth-order valence-electron chi connectivity index (χ4n) is 1.11. The maximum atomic E-state index is 11.0. The highest BCUT2D eigenvalue weighted by Crippen LogP contribution is 2.10. The Morgan fingerprint density at radius 1 is 1.57 bits per heavy atom. The van der Waals surface area contributed by atoms with Crippen LogP contribution in [0.5, 0.6) is 0 Å². The topological polar surface area (TPSA) is 93.1 Å². The van der Waals surface area contributed by atoms with Crippen molar-refractivity contribution in [3.8, 4) is 0 Å². The highest BCUT2D eigenvalue weighted by Gasteiger charge is 2.16. The van der Waals surface area contributed by atoms with Crippen LogP contribution in [0.2, 0.25) is 0 Å². The standard InChI is InChI=1S/C8H8N2O4/c1-4-6(5(2)11)3-7(10(13)14)8(12)9-4/h3H,1-2H3,(H,9,12). The highest BCUT2D eigenvalue weighted by molar-refractivity contribution is 5.95. The predicted octanol–water partition coefficient (Wildman–Crippen LogP) is 0.794. The van der Waals surface area contributed by atoms with E-state index in [4.69, 9.17) is 0 Å². The summed E-state index contributed by atoms with van der Waals surface area (Å²) in [6.07, 6.45) is 0. The molecular weight excluding hydrogens is 188 g/mol. The average molecular weight is 196 g/mol. The van der Waals surface area contributed by atoms with Crippen LogP contribution in [0.15, 0.2) is 10.9 Å². The number of pyridine rings is 1. The molecule has 0 radical (unpaired) electrons. The van der Waals surface area contributed by atoms with E-state index >= 15 is 0 Å². The summed E-state index contributed by atoms with van der Waals surface area (Å²) in [6, 6.07) is 0.997. The Hall–Kier alpha value is -1.98. The summed E-state index contributed by atoms with van der Waals surface area (Å²) in [4.78, 5) is 33.9. The number of rotatable bonds is 2. The molecule has 0 atom stereocenters. The van der Waals surface area contributed by atoms with E-state index in [1.165, 1.54) is 13.8 Å². The summed E-state index contributed by atoms with van der Waals surface area (Å²) < 4.78 is 0. The molecular formula is C8H8N2O4. The van der Waals surface area contributed by atoms with Crippen molar-refractivity contribution in [2.45, 2.75) is 13.8 Å². The lowest BCUT2D eigenvalue weighted by Gasteiger charge is -2.00. The lowest BCUT2D eigenvalue weighted by molar-refractivity contribution is -0.386. The van der Waals surface area contributed by atoms with Crippen LogP contribution in [0.1, 0.15) is 23.0 Å². The van der Waals surface area contributed by atoms with Crippen molar-refractivity contribution in [1.29, 1.82) is 0 Å². The fourth-order valence-corrected chi connectivity index (χ4v) is 1.11. The summed E-state index contributed by atoms with van der Waals surface area (Å²) in [6.45, 7) is 2.80. The van der Waals surface area contributed by atoms with Gasteiger partial charge in [-0.05, 0) is 13.8 Å². The molecule has 0 unspecified atom stereocenters. The molecule has 0 bridgehead atoms. The van der Waals surface area contributed by atoms with Gasteiger partial charge in [-0.2, -0.15) is 0 Å². The number of hydrogen-bond donors (Lipinski definition) is 1. The zero-order chi connectivity index (χ0) is 10.9. The first-order chi connectivity index (χ1) is 6.43. The van der Waals surface area contributed by atoms with E-state index in [1.54, 1.807) is 0 Å². The van der Waals surface area contributed by atoms with Crippen LogP contribution in [-0.2, 0) is 0 Å². The quantitative estimate of drug-likeness (QED) is 0.430. The van der Waals surface area contributed by atoms with E-state index < -0.39 is 16.2 Å². The molecule has 6 heteroatoms. The first-order valence-corrected chi connectivity index (χ1v) is 3.82. The molecule has 0 spiro atoms. The van der Waals surface area contributed by atoms with E-state index in [0.717, 1.165) is 6.07 Å². The largest absolute Gasteiger partial charge is 0.334 e. The van der Waals surface area contributed by atoms with E-state index in [0.29, 0.717) is 5.69 Å². The van der Waals surface area contributed by atoms with Crippen molar-refractivity contribution >= 4 is 11.5 Å². The zero-order valence-corrected chi connectivity index (χ0v) is 7.66. The van der Waals surface area contributed by atoms with E-state index in [-0.39, 0.29) is 11.3 Å². The van der Waals surface area contributed by atoms with Gasteiger partial charge in [-0.3, -0.25) is 19.7 Å². The molecule has 0 aliphatic rings. The number of nitro groups is 1. The molecule has 0 aromatic carbocycles. The van der Waals surface area contributed by atoms with Crippen LogP contribution >= 0.6 is 0 Å². The van der Waals surface area contributed by atoms with E-state index in [1.807, 2.05) is 0 Å². The molecule has 0 aliphatic carbocycles. The SMILES string of the molecule is CC(=O)c1cc([N+](=O)[O-])c(=O)[nH]c1C. The second kappa shape index (κ2) is 3.41. The Morgan fingerprint density at radius 3 is 2.57 bits per heavy atom. The van der Waals surface area contributed by atoms with Gasteiger partial charge in [-0.25, -0.2) is 0 Å². The zero-order valence-electron chi connectivity index (χ0n) is 7.66. The summed E-state index contributed by atoms with van der Waals surface area (Å²) >= 11 is 0. The Kier molecular flexibility index (Phi) is 2.46. The Labute approximate surface area is 78.7 Å². The minimum Gasteiger partial charge on any atom is -0.320 e. The van der Waals surface area contributed by atoms with Gasteiger partial charge in [-0.1, -0.05) is 0 Å². The van der Waals surface area contributed by atoms with Gasteiger partial charge in [0, 0.05) is 17.3 Å². The van der Waals surface area contributed by atoms with Crippen molar-refractivity contribution in [1.82, 2.24) is 4.98 Å². The molecule has 1 rings (SSSR count). The van der Waals surface area contributed by atoms with Gasteiger partial charge >= 0.3 is 11.2 Å². The summed E-state index contributed by atoms with van der Waals surface area (Å²) in [5.74, 6) is -0.318. The van der Waals surface area contributed by atoms with Gasteiger partial charge in [-0.15, -0.1) is 0 Å². The lowest BCUT2D eigenvalue weighted by Crippen LogP contribution is -2.15. The molecule has 0 aliphatic heterocycles. The normalized spacial score (nSPS) is 9.86. The van der Waals surface area contributed by atoms with Crippen molar-refractivity contribution in [3.05, 3.63) is 37.8 Å². The van der Waals surface area contributed by atoms with Gasteiger partial charge in [0.05, 0.1) is 4.92 Å². The number of aromatic amines is 1. The van der Waals surface area contributed by atoms with Crippen LogP contribution in [0.3, 0.4) is 0 Å². The molecule has 0 amide bonds. The van der Waals surface area contributed by atoms with Gasteiger partial charge in [0.25, 0.3) is 0 Å². The molecule has 0 fully saturated rings. The van der Waals surface area contributed by atoms with Crippen LogP contribution in [0.4, 0.5) is 5.69 Å². The van der Waals surface area contributed by atoms with Crippen LogP contribution in [-0.4, -0.2) is 15.7 Å². The third-order valence-electron chi connectivity index (χ3n) is 1.79. The Morgan fingerprint density at radius 2 is 2.14 bits per heavy atom. The van der Waals surface area contributed by atoms with Gasteiger partial charge < -0.3 is 4.98 Å². The van der Waals surface area contributed by atoms with Gasteiger partial charge in [0.15, 0.2) is 5.78 Å². The predicted molar refractivity (Wildman–Crippen MR) is 48.5 cm³/mol. The first kappa shape index (κ1) is 10.1. The van der Waals surface area contributed by atoms with E-state index in [2.05, 4.69) is 4.98 Å². The fraction of sp³-hybridized carbons (Fsp3) is 0.250. The molecule has 1 heterocycles. The van der Waals surface area contributed by atoms with Crippen LogP contribution in [0, 0.1) is 17.0 Å². The number of Topliss-reactive ketones (excluding diaryl/α,β-unsaturated/α-hetero) is 1. The second-order valence-electron chi connectivity index (χ2n) is 2.84. The summed E-state index contributed by atoms with van der Waals surface area (Å²) in [7, 11) is 0. The molecule has 0 saturated heterocycles. The number of nitrogens with one attached hydrogen (secondary N) is 1. The molecule has 1 N–H and O–H groups in total. The number of carbonyl (C=O) groups is 1. The van der Waals surface area contributed by atoms with Gasteiger partial charge in [0.2, 0.25) is 0 Å². The smallest absolute Gasteiger partial charge is 0.320 e. The third-order valence-corrected chi connectivity index (χ3v) is 1.79. The second-order valence-corrected chi connectivity index (χ2v) is 2.84. The minimum absolute atomic E-state index is 0.163. The molecule has 1 aromatic rings. The highest BCUT2D eigenvalue weighted by atomic mass is 16.6. The molecule has 1 aromatic heterocycles. The van der Waals surface area contributed by atoms with Crippen molar-refractivity contribution < 1.29 is 9.72 Å². The number of hydrogen-bond acceptors (Lipinski definition) is 4.